The first-order chi connectivity index (χ1) is 7.47. The monoisotopic (exact) mass is 264 g/mol. The van der Waals surface area contributed by atoms with Crippen LogP contribution in [0.2, 0.25) is 0 Å². The smallest absolute Gasteiger partial charge is 0.164 e. The molecule has 0 bridgehead atoms. The van der Waals surface area contributed by atoms with E-state index in [-0.39, 0.29) is 10.8 Å². The topological polar surface area (TPSA) is 63.4 Å². The maximum atomic E-state index is 11.7. The van der Waals surface area contributed by atoms with E-state index in [2.05, 4.69) is 4.90 Å². The highest BCUT2D eigenvalue weighted by molar-refractivity contribution is 8.00. The van der Waals surface area contributed by atoms with Gasteiger partial charge in [-0.15, -0.1) is 0 Å². The summed E-state index contributed by atoms with van der Waals surface area (Å²) < 4.78 is 23.4. The Morgan fingerprint density at radius 1 is 1.50 bits per heavy atom. The Labute approximate surface area is 102 Å². The second-order valence-corrected chi connectivity index (χ2v) is 8.39. The highest BCUT2D eigenvalue weighted by Crippen LogP contribution is 2.46. The molecule has 1 saturated carbocycles. The Balaban J connectivity index is 2.05. The highest BCUT2D eigenvalue weighted by atomic mass is 32.2. The molecule has 0 spiro atoms. The van der Waals surface area contributed by atoms with Crippen LogP contribution in [0.3, 0.4) is 0 Å². The van der Waals surface area contributed by atoms with Crippen LogP contribution in [0.5, 0.6) is 0 Å². The fraction of sp³-hybridized carbons (Fsp3) is 1.00. The Morgan fingerprint density at radius 2 is 2.19 bits per heavy atom. The average Bonchev–Trinajstić information content (AvgIpc) is 2.98. The third kappa shape index (κ3) is 2.72. The van der Waals surface area contributed by atoms with Crippen LogP contribution in [0.4, 0.5) is 0 Å². The van der Waals surface area contributed by atoms with Gasteiger partial charge in [-0.25, -0.2) is 8.42 Å². The molecule has 94 valence electrons. The van der Waals surface area contributed by atoms with Crippen molar-refractivity contribution < 1.29 is 8.42 Å². The minimum Gasteiger partial charge on any atom is -0.330 e. The molecule has 0 aromatic rings. The van der Waals surface area contributed by atoms with Crippen LogP contribution in [0.15, 0.2) is 0 Å². The molecule has 0 amide bonds. The third-order valence-corrected chi connectivity index (χ3v) is 6.30. The molecule has 1 saturated heterocycles. The Hall–Kier alpha value is 0.220. The summed E-state index contributed by atoms with van der Waals surface area (Å²) in [7, 11) is -2.96. The van der Waals surface area contributed by atoms with E-state index in [0.29, 0.717) is 12.3 Å². The van der Waals surface area contributed by atoms with Crippen LogP contribution < -0.4 is 5.73 Å². The van der Waals surface area contributed by atoms with Crippen molar-refractivity contribution >= 4 is 21.6 Å². The quantitative estimate of drug-likeness (QED) is 0.783. The molecule has 2 rings (SSSR count). The maximum Gasteiger partial charge on any atom is 0.164 e. The lowest BCUT2D eigenvalue weighted by atomic mass is 10.1. The average molecular weight is 264 g/mol. The normalized spacial score (nSPS) is 30.2. The second-order valence-electron chi connectivity index (χ2n) is 5.03. The fourth-order valence-electron chi connectivity index (χ4n) is 2.22. The van der Waals surface area contributed by atoms with Gasteiger partial charge in [0.1, 0.15) is 5.37 Å². The molecule has 1 unspecified atom stereocenters. The van der Waals surface area contributed by atoms with E-state index in [9.17, 15) is 8.42 Å². The number of nitrogens with two attached hydrogens (primary N) is 1. The first-order valence-electron chi connectivity index (χ1n) is 5.68. The largest absolute Gasteiger partial charge is 0.330 e. The summed E-state index contributed by atoms with van der Waals surface area (Å²) in [6, 6.07) is 0. The van der Waals surface area contributed by atoms with Crippen LogP contribution in [0.25, 0.3) is 0 Å². The van der Waals surface area contributed by atoms with E-state index in [0.717, 1.165) is 31.7 Å². The Bertz CT molecular complexity index is 352. The second kappa shape index (κ2) is 4.48. The van der Waals surface area contributed by atoms with Crippen molar-refractivity contribution in [2.75, 3.05) is 37.4 Å². The maximum absolute atomic E-state index is 11.7. The molecule has 1 heterocycles. The number of sulfone groups is 1. The number of hydrogen-bond acceptors (Lipinski definition) is 5. The van der Waals surface area contributed by atoms with Crippen LogP contribution in [-0.2, 0) is 9.84 Å². The number of hydrogen-bond donors (Lipinski definition) is 1. The highest BCUT2D eigenvalue weighted by Gasteiger charge is 2.45. The number of rotatable bonds is 4. The molecular weight excluding hydrogens is 244 g/mol. The summed E-state index contributed by atoms with van der Waals surface area (Å²) in [6.07, 6.45) is 3.66. The SMILES string of the molecule is CS(=O)(=O)C1CSCCN1CC1(CN)CC1. The predicted octanol–water partition coefficient (Wildman–Crippen LogP) is 0.145. The Morgan fingerprint density at radius 3 is 2.69 bits per heavy atom. The summed E-state index contributed by atoms with van der Waals surface area (Å²) in [5.74, 6) is 1.74. The lowest BCUT2D eigenvalue weighted by Crippen LogP contribution is -2.49. The molecule has 0 aromatic heterocycles. The van der Waals surface area contributed by atoms with Gasteiger partial charge in [0.05, 0.1) is 0 Å². The summed E-state index contributed by atoms with van der Waals surface area (Å²) >= 11 is 1.74. The van der Waals surface area contributed by atoms with Gasteiger partial charge in [0.25, 0.3) is 0 Å². The zero-order valence-electron chi connectivity index (χ0n) is 9.68. The molecular formula is C10H20N2O2S2. The van der Waals surface area contributed by atoms with Crippen LogP contribution in [0.1, 0.15) is 12.8 Å². The molecule has 1 atom stereocenters. The molecule has 1 aliphatic heterocycles. The van der Waals surface area contributed by atoms with Crippen molar-refractivity contribution in [3.63, 3.8) is 0 Å². The molecule has 0 aromatic carbocycles. The molecule has 16 heavy (non-hydrogen) atoms. The van der Waals surface area contributed by atoms with Crippen molar-refractivity contribution in [3.05, 3.63) is 0 Å². The lowest BCUT2D eigenvalue weighted by Gasteiger charge is -2.36. The molecule has 6 heteroatoms. The van der Waals surface area contributed by atoms with Gasteiger partial charge in [-0.3, -0.25) is 4.90 Å². The molecule has 4 nitrogen and oxygen atoms in total. The third-order valence-electron chi connectivity index (χ3n) is 3.61. The van der Waals surface area contributed by atoms with Crippen molar-refractivity contribution in [2.45, 2.75) is 18.2 Å². The summed E-state index contributed by atoms with van der Waals surface area (Å²) in [5.41, 5.74) is 5.99. The van der Waals surface area contributed by atoms with E-state index >= 15 is 0 Å². The molecule has 1 aliphatic carbocycles. The van der Waals surface area contributed by atoms with Crippen LogP contribution >= 0.6 is 11.8 Å². The molecule has 2 aliphatic rings. The molecule has 2 N–H and O–H groups in total. The van der Waals surface area contributed by atoms with Crippen LogP contribution in [-0.4, -0.2) is 56.1 Å². The zero-order chi connectivity index (χ0) is 11.8. The number of nitrogens with zero attached hydrogens (tertiary/aromatic N) is 1. The zero-order valence-corrected chi connectivity index (χ0v) is 11.3. The lowest BCUT2D eigenvalue weighted by molar-refractivity contribution is 0.219. The van der Waals surface area contributed by atoms with E-state index < -0.39 is 9.84 Å². The van der Waals surface area contributed by atoms with Gasteiger partial charge >= 0.3 is 0 Å². The van der Waals surface area contributed by atoms with Gasteiger partial charge in [0.2, 0.25) is 0 Å². The van der Waals surface area contributed by atoms with Gasteiger partial charge in [-0.05, 0) is 24.8 Å². The van der Waals surface area contributed by atoms with Gasteiger partial charge in [0.15, 0.2) is 9.84 Å². The fourth-order valence-corrected chi connectivity index (χ4v) is 5.17. The van der Waals surface area contributed by atoms with Crippen molar-refractivity contribution in [2.24, 2.45) is 11.1 Å². The van der Waals surface area contributed by atoms with Gasteiger partial charge < -0.3 is 5.73 Å². The first kappa shape index (κ1) is 12.7. The summed E-state index contributed by atoms with van der Waals surface area (Å²) in [6.45, 7) is 2.43. The van der Waals surface area contributed by atoms with E-state index in [4.69, 9.17) is 5.73 Å². The molecule has 2 fully saturated rings. The summed E-state index contributed by atoms with van der Waals surface area (Å²) in [4.78, 5) is 2.13. The van der Waals surface area contributed by atoms with Crippen LogP contribution in [0, 0.1) is 5.41 Å². The van der Waals surface area contributed by atoms with Gasteiger partial charge in [0, 0.05) is 30.9 Å². The minimum atomic E-state index is -2.96. The van der Waals surface area contributed by atoms with Crippen molar-refractivity contribution in [3.8, 4) is 0 Å². The predicted molar refractivity (Wildman–Crippen MR) is 68.3 cm³/mol. The summed E-state index contributed by atoms with van der Waals surface area (Å²) in [5, 5.41) is -0.296. The minimum absolute atomic E-state index is 0.227. The Kier molecular flexibility index (Phi) is 3.55. The van der Waals surface area contributed by atoms with Gasteiger partial charge in [-0.2, -0.15) is 11.8 Å². The van der Waals surface area contributed by atoms with E-state index in [1.165, 1.54) is 6.26 Å². The number of thioether (sulfide) groups is 1. The standard InChI is InChI=1S/C10H20N2O2S2/c1-16(13,14)9-6-15-5-4-12(9)8-10(7-11)2-3-10/h9H,2-8,11H2,1H3. The van der Waals surface area contributed by atoms with E-state index in [1.54, 1.807) is 11.8 Å². The van der Waals surface area contributed by atoms with Crippen molar-refractivity contribution in [1.29, 1.82) is 0 Å². The molecule has 0 radical (unpaired) electrons. The van der Waals surface area contributed by atoms with Crippen molar-refractivity contribution in [1.82, 2.24) is 4.90 Å². The van der Waals surface area contributed by atoms with Gasteiger partial charge in [-0.1, -0.05) is 0 Å². The first-order valence-corrected chi connectivity index (χ1v) is 8.79. The van der Waals surface area contributed by atoms with E-state index in [1.807, 2.05) is 0 Å².